The molecule has 0 aliphatic rings. The van der Waals surface area contributed by atoms with Gasteiger partial charge in [-0.25, -0.2) is 9.37 Å². The Bertz CT molecular complexity index is 884. The summed E-state index contributed by atoms with van der Waals surface area (Å²) in [5.74, 6) is -0.989. The number of nitrogens with one attached hydrogen (secondary N) is 3. The van der Waals surface area contributed by atoms with E-state index in [9.17, 15) is 14.0 Å². The Morgan fingerprint density at radius 2 is 2.11 bits per heavy atom. The number of imidazole rings is 1. The highest BCUT2D eigenvalue weighted by Gasteiger charge is 2.12. The van der Waals surface area contributed by atoms with Crippen LogP contribution in [-0.4, -0.2) is 29.2 Å². The summed E-state index contributed by atoms with van der Waals surface area (Å²) in [5, 5.41) is 5.26. The summed E-state index contributed by atoms with van der Waals surface area (Å²) >= 11 is 0. The Kier molecular flexibility index (Phi) is 7.05. The maximum Gasteiger partial charge on any atom is 0.271 e. The van der Waals surface area contributed by atoms with Gasteiger partial charge >= 0.3 is 0 Å². The zero-order chi connectivity index (χ0) is 19.8. The molecule has 3 N–H and O–H groups in total. The number of rotatable bonds is 8. The van der Waals surface area contributed by atoms with E-state index in [2.05, 4.69) is 20.6 Å². The molecule has 0 radical (unpaired) electrons. The number of hydrogen-bond donors (Lipinski definition) is 3. The summed E-state index contributed by atoms with van der Waals surface area (Å²) in [6.07, 6.45) is 6.69. The molecule has 0 spiro atoms. The Hall–Kier alpha value is -3.22. The highest BCUT2D eigenvalue weighted by molar-refractivity contribution is 6.01. The molecule has 0 aliphatic heterocycles. The molecule has 1 aromatic carbocycles. The van der Waals surface area contributed by atoms with E-state index in [1.807, 2.05) is 13.8 Å². The van der Waals surface area contributed by atoms with Crippen LogP contribution >= 0.6 is 0 Å². The number of carbonyl (C=O) groups excluding carboxylic acids is 2. The number of amides is 1. The zero-order valence-electron chi connectivity index (χ0n) is 15.6. The first-order valence-electron chi connectivity index (χ1n) is 8.64. The van der Waals surface area contributed by atoms with E-state index in [-0.39, 0.29) is 17.0 Å². The van der Waals surface area contributed by atoms with Gasteiger partial charge in [0.2, 0.25) is 0 Å². The van der Waals surface area contributed by atoms with Gasteiger partial charge in [-0.05, 0) is 37.6 Å². The molecular formula is C20H23FN4O2. The molecule has 6 nitrogen and oxygen atoms in total. The fourth-order valence-electron chi connectivity index (χ4n) is 2.53. The summed E-state index contributed by atoms with van der Waals surface area (Å²) in [4.78, 5) is 31.1. The van der Waals surface area contributed by atoms with Crippen LogP contribution in [0.25, 0.3) is 12.2 Å². The molecule has 0 unspecified atom stereocenters. The maximum absolute atomic E-state index is 13.9. The third kappa shape index (κ3) is 5.37. The predicted molar refractivity (Wildman–Crippen MR) is 103 cm³/mol. The molecule has 2 rings (SSSR count). The van der Waals surface area contributed by atoms with E-state index in [1.54, 1.807) is 25.5 Å². The summed E-state index contributed by atoms with van der Waals surface area (Å²) in [6, 6.07) is 4.63. The minimum Gasteiger partial charge on any atom is -0.384 e. The molecule has 0 aliphatic carbocycles. The van der Waals surface area contributed by atoms with Crippen LogP contribution in [0.5, 0.6) is 0 Å². The molecule has 0 atom stereocenters. The largest absolute Gasteiger partial charge is 0.384 e. The van der Waals surface area contributed by atoms with Gasteiger partial charge in [0.15, 0.2) is 6.29 Å². The second-order valence-electron chi connectivity index (χ2n) is 6.02. The number of allylic oxidation sites excluding steroid dienone is 1. The van der Waals surface area contributed by atoms with Gasteiger partial charge in [-0.1, -0.05) is 25.0 Å². The Morgan fingerprint density at radius 1 is 1.33 bits per heavy atom. The second kappa shape index (κ2) is 9.47. The first-order chi connectivity index (χ1) is 13.0. The lowest BCUT2D eigenvalue weighted by Crippen LogP contribution is -2.30. The molecule has 0 bridgehead atoms. The minimum atomic E-state index is -0.552. The monoisotopic (exact) mass is 370 g/mol. The van der Waals surface area contributed by atoms with Crippen molar-refractivity contribution in [1.82, 2.24) is 20.6 Å². The number of halogens is 1. The third-order valence-electron chi connectivity index (χ3n) is 3.89. The van der Waals surface area contributed by atoms with Gasteiger partial charge in [0.1, 0.15) is 11.5 Å². The number of benzene rings is 1. The lowest BCUT2D eigenvalue weighted by Gasteiger charge is -2.09. The quantitative estimate of drug-likeness (QED) is 0.493. The highest BCUT2D eigenvalue weighted by Crippen LogP contribution is 2.14. The van der Waals surface area contributed by atoms with Crippen LogP contribution in [0.15, 0.2) is 35.9 Å². The fraction of sp³-hybridized carbons (Fsp3) is 0.250. The standard InChI is InChI=1S/C20H23FN4O2/c1-4-5-17-18(24-12-23-17)10-15(11-26)25-20(27)19(22-3)9-14-8-13(2)6-7-16(14)21/h6-12,22H,4-5H2,1-3H3,(H,23,24)(H,25,27)/b15-10-,19-9-. The van der Waals surface area contributed by atoms with E-state index in [0.29, 0.717) is 12.0 Å². The average molecular weight is 370 g/mol. The number of aromatic nitrogens is 2. The van der Waals surface area contributed by atoms with E-state index in [0.717, 1.165) is 24.1 Å². The van der Waals surface area contributed by atoms with Crippen molar-refractivity contribution in [2.24, 2.45) is 0 Å². The van der Waals surface area contributed by atoms with Crippen molar-refractivity contribution >= 4 is 24.3 Å². The molecule has 142 valence electrons. The van der Waals surface area contributed by atoms with E-state index in [1.165, 1.54) is 18.2 Å². The van der Waals surface area contributed by atoms with Crippen molar-refractivity contribution in [3.8, 4) is 0 Å². The number of H-pyrrole nitrogens is 1. The van der Waals surface area contributed by atoms with Crippen LogP contribution in [-0.2, 0) is 16.0 Å². The van der Waals surface area contributed by atoms with Gasteiger partial charge in [0, 0.05) is 18.3 Å². The predicted octanol–water partition coefficient (Wildman–Crippen LogP) is 2.73. The molecule has 0 saturated heterocycles. The van der Waals surface area contributed by atoms with Gasteiger partial charge in [-0.2, -0.15) is 0 Å². The normalized spacial score (nSPS) is 12.0. The number of likely N-dealkylation sites (N-methyl/N-ethyl adjacent to an activating group) is 1. The Balaban J connectivity index is 2.24. The first kappa shape index (κ1) is 20.1. The lowest BCUT2D eigenvalue weighted by atomic mass is 10.1. The van der Waals surface area contributed by atoms with E-state index >= 15 is 0 Å². The van der Waals surface area contributed by atoms with Crippen molar-refractivity contribution < 1.29 is 14.0 Å². The topological polar surface area (TPSA) is 86.9 Å². The van der Waals surface area contributed by atoms with Crippen molar-refractivity contribution in [3.63, 3.8) is 0 Å². The highest BCUT2D eigenvalue weighted by atomic mass is 19.1. The first-order valence-corrected chi connectivity index (χ1v) is 8.64. The summed E-state index contributed by atoms with van der Waals surface area (Å²) in [6.45, 7) is 3.87. The molecule has 1 aromatic heterocycles. The maximum atomic E-state index is 13.9. The van der Waals surface area contributed by atoms with Crippen molar-refractivity contribution in [1.29, 1.82) is 0 Å². The van der Waals surface area contributed by atoms with E-state index in [4.69, 9.17) is 0 Å². The Labute approximate surface area is 157 Å². The average Bonchev–Trinajstić information content (AvgIpc) is 3.08. The summed E-state index contributed by atoms with van der Waals surface area (Å²) in [7, 11) is 1.55. The molecule has 0 saturated carbocycles. The Morgan fingerprint density at radius 3 is 2.78 bits per heavy atom. The smallest absolute Gasteiger partial charge is 0.271 e. The van der Waals surface area contributed by atoms with Crippen LogP contribution in [0, 0.1) is 12.7 Å². The molecular weight excluding hydrogens is 347 g/mol. The van der Waals surface area contributed by atoms with Gasteiger partial charge in [0.25, 0.3) is 5.91 Å². The molecule has 1 heterocycles. The van der Waals surface area contributed by atoms with Crippen molar-refractivity contribution in [2.45, 2.75) is 26.7 Å². The number of nitrogens with zero attached hydrogens (tertiary/aromatic N) is 1. The molecule has 2 aromatic rings. The third-order valence-corrected chi connectivity index (χ3v) is 3.89. The molecule has 0 fully saturated rings. The number of hydrogen-bond acceptors (Lipinski definition) is 4. The van der Waals surface area contributed by atoms with Crippen LogP contribution in [0.3, 0.4) is 0 Å². The fourth-order valence-corrected chi connectivity index (χ4v) is 2.53. The van der Waals surface area contributed by atoms with Crippen molar-refractivity contribution in [3.05, 3.63) is 64.3 Å². The van der Waals surface area contributed by atoms with Crippen LogP contribution in [0.1, 0.15) is 35.9 Å². The van der Waals surface area contributed by atoms with Gasteiger partial charge in [-0.15, -0.1) is 0 Å². The van der Waals surface area contributed by atoms with Gasteiger partial charge in [-0.3, -0.25) is 9.59 Å². The van der Waals surface area contributed by atoms with Crippen molar-refractivity contribution in [2.75, 3.05) is 7.05 Å². The number of carbonyl (C=O) groups is 2. The second-order valence-corrected chi connectivity index (χ2v) is 6.02. The molecule has 1 amide bonds. The minimum absolute atomic E-state index is 0.0651. The van der Waals surface area contributed by atoms with Gasteiger partial charge < -0.3 is 15.6 Å². The zero-order valence-corrected chi connectivity index (χ0v) is 15.6. The number of aromatic amines is 1. The van der Waals surface area contributed by atoms with Crippen LogP contribution < -0.4 is 10.6 Å². The number of aldehydes is 1. The molecule has 7 heteroatoms. The molecule has 27 heavy (non-hydrogen) atoms. The lowest BCUT2D eigenvalue weighted by molar-refractivity contribution is -0.118. The summed E-state index contributed by atoms with van der Waals surface area (Å²) in [5.41, 5.74) is 2.83. The number of aryl methyl sites for hydroxylation is 2. The van der Waals surface area contributed by atoms with Crippen LogP contribution in [0.4, 0.5) is 4.39 Å². The van der Waals surface area contributed by atoms with Gasteiger partial charge in [0.05, 0.1) is 17.7 Å². The SMILES string of the molecule is CCCc1[nH]cnc1/C=C(/C=O)NC(=O)/C(=C/c1cc(C)ccc1F)NC. The summed E-state index contributed by atoms with van der Waals surface area (Å²) < 4.78 is 13.9. The van der Waals surface area contributed by atoms with Crippen LogP contribution in [0.2, 0.25) is 0 Å². The van der Waals surface area contributed by atoms with E-state index < -0.39 is 11.7 Å².